The largest absolute Gasteiger partial charge is 0.396 e. The van der Waals surface area contributed by atoms with Crippen LogP contribution in [0.3, 0.4) is 0 Å². The molecule has 0 aliphatic heterocycles. The molecular weight excluding hydrogens is 202 g/mol. The van der Waals surface area contributed by atoms with Crippen LogP contribution in [0, 0.1) is 19.3 Å². The molecule has 0 bridgehead atoms. The van der Waals surface area contributed by atoms with Crippen LogP contribution >= 0.6 is 0 Å². The second-order valence-electron chi connectivity index (χ2n) is 5.03. The molecule has 0 amide bonds. The maximum absolute atomic E-state index is 9.21. The van der Waals surface area contributed by atoms with Crippen LogP contribution in [-0.4, -0.2) is 28.0 Å². The lowest BCUT2D eigenvalue weighted by molar-refractivity contribution is 0.207. The predicted molar refractivity (Wildman–Crippen MR) is 63.1 cm³/mol. The van der Waals surface area contributed by atoms with E-state index >= 15 is 0 Å². The van der Waals surface area contributed by atoms with Crippen molar-refractivity contribution in [2.45, 2.75) is 33.2 Å². The lowest BCUT2D eigenvalue weighted by atomic mass is 10.1. The SMILES string of the molecule is Cc1nn(C)c(C)c1CNCC1(CO)CC1. The van der Waals surface area contributed by atoms with Gasteiger partial charge in [0.05, 0.1) is 5.69 Å². The molecule has 1 fully saturated rings. The molecule has 0 unspecified atom stereocenters. The highest BCUT2D eigenvalue weighted by atomic mass is 16.3. The van der Waals surface area contributed by atoms with Gasteiger partial charge in [-0.25, -0.2) is 0 Å². The summed E-state index contributed by atoms with van der Waals surface area (Å²) in [6, 6.07) is 0. The van der Waals surface area contributed by atoms with Crippen molar-refractivity contribution in [3.8, 4) is 0 Å². The van der Waals surface area contributed by atoms with Gasteiger partial charge in [-0.1, -0.05) is 0 Å². The van der Waals surface area contributed by atoms with Gasteiger partial charge in [0.2, 0.25) is 0 Å². The first-order chi connectivity index (χ1) is 7.58. The van der Waals surface area contributed by atoms with Crippen molar-refractivity contribution in [3.05, 3.63) is 17.0 Å². The van der Waals surface area contributed by atoms with E-state index in [1.807, 2.05) is 18.7 Å². The van der Waals surface area contributed by atoms with Crippen molar-refractivity contribution in [2.75, 3.05) is 13.2 Å². The summed E-state index contributed by atoms with van der Waals surface area (Å²) in [5.41, 5.74) is 3.79. The number of hydrogen-bond acceptors (Lipinski definition) is 3. The molecule has 4 nitrogen and oxygen atoms in total. The van der Waals surface area contributed by atoms with E-state index in [0.717, 1.165) is 31.6 Å². The minimum atomic E-state index is 0.185. The number of hydrogen-bond donors (Lipinski definition) is 2. The molecule has 0 saturated heterocycles. The molecule has 16 heavy (non-hydrogen) atoms. The minimum absolute atomic E-state index is 0.185. The maximum atomic E-state index is 9.21. The van der Waals surface area contributed by atoms with Gasteiger partial charge in [-0.15, -0.1) is 0 Å². The minimum Gasteiger partial charge on any atom is -0.396 e. The summed E-state index contributed by atoms with van der Waals surface area (Å²) in [6.45, 7) is 6.22. The van der Waals surface area contributed by atoms with Crippen molar-refractivity contribution in [2.24, 2.45) is 12.5 Å². The van der Waals surface area contributed by atoms with Crippen molar-refractivity contribution in [1.29, 1.82) is 0 Å². The molecule has 2 N–H and O–H groups in total. The third-order valence-corrected chi connectivity index (χ3v) is 3.75. The van der Waals surface area contributed by atoms with E-state index in [1.165, 1.54) is 11.3 Å². The van der Waals surface area contributed by atoms with Gasteiger partial charge in [0.1, 0.15) is 0 Å². The van der Waals surface area contributed by atoms with Gasteiger partial charge in [0.15, 0.2) is 0 Å². The molecule has 90 valence electrons. The highest BCUT2D eigenvalue weighted by molar-refractivity contribution is 5.24. The monoisotopic (exact) mass is 223 g/mol. The van der Waals surface area contributed by atoms with Gasteiger partial charge in [0.25, 0.3) is 0 Å². The quantitative estimate of drug-likeness (QED) is 0.779. The molecule has 0 spiro atoms. The third-order valence-electron chi connectivity index (χ3n) is 3.75. The fourth-order valence-electron chi connectivity index (χ4n) is 2.09. The van der Waals surface area contributed by atoms with Crippen molar-refractivity contribution < 1.29 is 5.11 Å². The average Bonchev–Trinajstić information content (AvgIpc) is 2.99. The van der Waals surface area contributed by atoms with E-state index < -0.39 is 0 Å². The van der Waals surface area contributed by atoms with Gasteiger partial charge in [-0.2, -0.15) is 5.10 Å². The van der Waals surface area contributed by atoms with E-state index in [9.17, 15) is 5.11 Å². The number of aliphatic hydroxyl groups is 1. The molecule has 1 aliphatic rings. The number of rotatable bonds is 5. The highest BCUT2D eigenvalue weighted by Crippen LogP contribution is 2.44. The number of aromatic nitrogens is 2. The van der Waals surface area contributed by atoms with Crippen LogP contribution in [-0.2, 0) is 13.6 Å². The molecule has 0 aromatic carbocycles. The van der Waals surface area contributed by atoms with Crippen molar-refractivity contribution in [1.82, 2.24) is 15.1 Å². The maximum Gasteiger partial charge on any atom is 0.0641 e. The van der Waals surface area contributed by atoms with Gasteiger partial charge in [-0.05, 0) is 26.7 Å². The summed E-state index contributed by atoms with van der Waals surface area (Å²) < 4.78 is 1.92. The Labute approximate surface area is 96.7 Å². The predicted octanol–water partition coefficient (Wildman–Crippen LogP) is 0.899. The van der Waals surface area contributed by atoms with Gasteiger partial charge < -0.3 is 10.4 Å². The lowest BCUT2D eigenvalue weighted by Crippen LogP contribution is -2.26. The summed E-state index contributed by atoms with van der Waals surface area (Å²) in [7, 11) is 1.97. The molecule has 1 saturated carbocycles. The molecule has 0 atom stereocenters. The van der Waals surface area contributed by atoms with E-state index in [-0.39, 0.29) is 5.41 Å². The molecule has 2 rings (SSSR count). The zero-order chi connectivity index (χ0) is 11.8. The van der Waals surface area contributed by atoms with E-state index in [1.54, 1.807) is 0 Å². The Balaban J connectivity index is 1.90. The normalized spacial score (nSPS) is 17.8. The molecule has 1 aromatic heterocycles. The average molecular weight is 223 g/mol. The van der Waals surface area contributed by atoms with Crippen LogP contribution in [0.15, 0.2) is 0 Å². The van der Waals surface area contributed by atoms with Crippen LogP contribution in [0.4, 0.5) is 0 Å². The van der Waals surface area contributed by atoms with Crippen LogP contribution in [0.25, 0.3) is 0 Å². The molecular formula is C12H21N3O. The third kappa shape index (κ3) is 2.13. The fourth-order valence-corrected chi connectivity index (χ4v) is 2.09. The standard InChI is InChI=1S/C12H21N3O/c1-9-11(10(2)15(3)14-9)6-13-7-12(8-16)4-5-12/h13,16H,4-8H2,1-3H3. The number of nitrogens with zero attached hydrogens (tertiary/aromatic N) is 2. The Morgan fingerprint density at radius 1 is 1.44 bits per heavy atom. The Bertz CT molecular complexity index is 380. The molecule has 4 heteroatoms. The Kier molecular flexibility index (Phi) is 3.04. The Hall–Kier alpha value is -0.870. The smallest absolute Gasteiger partial charge is 0.0641 e. The van der Waals surface area contributed by atoms with E-state index in [0.29, 0.717) is 6.61 Å². The van der Waals surface area contributed by atoms with Crippen LogP contribution in [0.1, 0.15) is 29.8 Å². The molecule has 0 radical (unpaired) electrons. The Morgan fingerprint density at radius 2 is 2.12 bits per heavy atom. The summed E-state index contributed by atoms with van der Waals surface area (Å²) >= 11 is 0. The van der Waals surface area contributed by atoms with E-state index in [4.69, 9.17) is 0 Å². The lowest BCUT2D eigenvalue weighted by Gasteiger charge is -2.12. The highest BCUT2D eigenvalue weighted by Gasteiger charge is 2.41. The molecule has 1 aromatic rings. The van der Waals surface area contributed by atoms with Gasteiger partial charge in [0, 0.05) is 43.4 Å². The fraction of sp³-hybridized carbons (Fsp3) is 0.750. The molecule has 1 heterocycles. The first-order valence-electron chi connectivity index (χ1n) is 5.89. The number of nitrogens with one attached hydrogen (secondary N) is 1. The van der Waals surface area contributed by atoms with E-state index in [2.05, 4.69) is 17.3 Å². The first kappa shape index (κ1) is 11.6. The summed E-state index contributed by atoms with van der Waals surface area (Å²) in [5, 5.41) is 17.0. The van der Waals surface area contributed by atoms with Gasteiger partial charge in [-0.3, -0.25) is 4.68 Å². The van der Waals surface area contributed by atoms with Crippen molar-refractivity contribution >= 4 is 0 Å². The van der Waals surface area contributed by atoms with Crippen LogP contribution in [0.5, 0.6) is 0 Å². The number of aryl methyl sites for hydroxylation is 2. The van der Waals surface area contributed by atoms with Crippen LogP contribution in [0.2, 0.25) is 0 Å². The Morgan fingerprint density at radius 3 is 2.56 bits per heavy atom. The summed E-state index contributed by atoms with van der Waals surface area (Å²) in [5.74, 6) is 0. The summed E-state index contributed by atoms with van der Waals surface area (Å²) in [4.78, 5) is 0. The molecule has 1 aliphatic carbocycles. The number of aliphatic hydroxyl groups excluding tert-OH is 1. The summed E-state index contributed by atoms with van der Waals surface area (Å²) in [6.07, 6.45) is 2.31. The first-order valence-corrected chi connectivity index (χ1v) is 5.89. The zero-order valence-corrected chi connectivity index (χ0v) is 10.4. The van der Waals surface area contributed by atoms with Crippen LogP contribution < -0.4 is 5.32 Å². The van der Waals surface area contributed by atoms with Gasteiger partial charge >= 0.3 is 0 Å². The second kappa shape index (κ2) is 4.18. The second-order valence-corrected chi connectivity index (χ2v) is 5.03. The topological polar surface area (TPSA) is 50.1 Å². The van der Waals surface area contributed by atoms with Crippen molar-refractivity contribution in [3.63, 3.8) is 0 Å². The zero-order valence-electron chi connectivity index (χ0n) is 10.4.